The lowest BCUT2D eigenvalue weighted by atomic mass is 10.1. The number of amides is 1. The van der Waals surface area contributed by atoms with Crippen LogP contribution in [0.3, 0.4) is 0 Å². The molecule has 0 aliphatic carbocycles. The van der Waals surface area contributed by atoms with Crippen LogP contribution in [0.15, 0.2) is 54.9 Å². The number of nitrogens with one attached hydrogen (secondary N) is 1. The quantitative estimate of drug-likeness (QED) is 0.863. The fraction of sp³-hybridized carbons (Fsp3) is 0.143. The molecule has 0 aliphatic rings. The Bertz CT molecular complexity index is 500. The van der Waals surface area contributed by atoms with Crippen LogP contribution in [0.1, 0.15) is 18.1 Å². The van der Waals surface area contributed by atoms with Crippen LogP contribution in [0.5, 0.6) is 0 Å². The van der Waals surface area contributed by atoms with Gasteiger partial charge in [-0.05, 0) is 17.7 Å². The number of pyridine rings is 1. The molecule has 0 radical (unpaired) electrons. The summed E-state index contributed by atoms with van der Waals surface area (Å²) in [5.41, 5.74) is 1.36. The van der Waals surface area contributed by atoms with E-state index in [9.17, 15) is 9.90 Å². The van der Waals surface area contributed by atoms with Crippen molar-refractivity contribution in [3.8, 4) is 0 Å². The normalized spacial score (nSPS) is 11.8. The molecule has 2 N–H and O–H groups in total. The van der Waals surface area contributed by atoms with Gasteiger partial charge in [0.1, 0.15) is 0 Å². The number of carbonyl (C=O) groups excluding carboxylic acids is 1. The van der Waals surface area contributed by atoms with E-state index < -0.39 is 6.10 Å². The van der Waals surface area contributed by atoms with E-state index in [1.54, 1.807) is 36.7 Å². The Morgan fingerprint density at radius 1 is 1.22 bits per heavy atom. The molecule has 0 fully saturated rings. The number of nitrogens with zero attached hydrogens (tertiary/aromatic N) is 1. The highest BCUT2D eigenvalue weighted by Gasteiger charge is 2.12. The first-order chi connectivity index (χ1) is 8.75. The lowest BCUT2D eigenvalue weighted by molar-refractivity contribution is -0.118. The van der Waals surface area contributed by atoms with E-state index in [0.29, 0.717) is 5.69 Å². The van der Waals surface area contributed by atoms with Gasteiger partial charge in [0, 0.05) is 6.20 Å². The van der Waals surface area contributed by atoms with Crippen LogP contribution in [-0.4, -0.2) is 16.0 Å². The van der Waals surface area contributed by atoms with Crippen molar-refractivity contribution < 1.29 is 9.90 Å². The highest BCUT2D eigenvalue weighted by Crippen LogP contribution is 2.16. The van der Waals surface area contributed by atoms with Gasteiger partial charge < -0.3 is 10.4 Å². The number of anilines is 1. The maximum Gasteiger partial charge on any atom is 0.227 e. The molecule has 1 aromatic carbocycles. The summed E-state index contributed by atoms with van der Waals surface area (Å²) in [5.74, 6) is -0.237. The molecule has 0 saturated heterocycles. The molecule has 18 heavy (non-hydrogen) atoms. The Morgan fingerprint density at radius 3 is 2.67 bits per heavy atom. The predicted octanol–water partition coefficient (Wildman–Crippen LogP) is 2.14. The first-order valence-corrected chi connectivity index (χ1v) is 5.68. The van der Waals surface area contributed by atoms with Crippen molar-refractivity contribution in [2.45, 2.75) is 12.5 Å². The highest BCUT2D eigenvalue weighted by molar-refractivity contribution is 5.90. The summed E-state index contributed by atoms with van der Waals surface area (Å²) in [4.78, 5) is 15.6. The van der Waals surface area contributed by atoms with Gasteiger partial charge in [0.25, 0.3) is 0 Å². The Labute approximate surface area is 105 Å². The molecule has 0 aliphatic heterocycles. The lowest BCUT2D eigenvalue weighted by Gasteiger charge is -2.10. The van der Waals surface area contributed by atoms with Crippen LogP contribution in [0.4, 0.5) is 5.69 Å². The Kier molecular flexibility index (Phi) is 4.04. The van der Waals surface area contributed by atoms with Crippen molar-refractivity contribution in [2.24, 2.45) is 0 Å². The van der Waals surface area contributed by atoms with Crippen LogP contribution in [0, 0.1) is 0 Å². The van der Waals surface area contributed by atoms with Crippen molar-refractivity contribution in [3.05, 3.63) is 60.4 Å². The largest absolute Gasteiger partial charge is 0.388 e. The summed E-state index contributed by atoms with van der Waals surface area (Å²) in [6.07, 6.45) is 2.43. The minimum Gasteiger partial charge on any atom is -0.388 e. The minimum atomic E-state index is -0.789. The summed E-state index contributed by atoms with van der Waals surface area (Å²) in [6.45, 7) is 0. The number of aliphatic hydroxyl groups excluding tert-OH is 1. The third-order valence-corrected chi connectivity index (χ3v) is 2.51. The van der Waals surface area contributed by atoms with Crippen molar-refractivity contribution in [2.75, 3.05) is 5.32 Å². The van der Waals surface area contributed by atoms with E-state index in [1.807, 2.05) is 18.2 Å². The fourth-order valence-corrected chi connectivity index (χ4v) is 1.62. The summed E-state index contributed by atoms with van der Waals surface area (Å²) in [5, 5.41) is 12.6. The average molecular weight is 242 g/mol. The summed E-state index contributed by atoms with van der Waals surface area (Å²) in [7, 11) is 0. The molecule has 2 aromatic rings. The third kappa shape index (κ3) is 3.40. The van der Waals surface area contributed by atoms with Gasteiger partial charge in [0.05, 0.1) is 24.4 Å². The Morgan fingerprint density at radius 2 is 2.00 bits per heavy atom. The molecular weight excluding hydrogens is 228 g/mol. The monoisotopic (exact) mass is 242 g/mol. The van der Waals surface area contributed by atoms with Gasteiger partial charge in [-0.3, -0.25) is 9.78 Å². The molecule has 1 unspecified atom stereocenters. The third-order valence-electron chi connectivity index (χ3n) is 2.51. The van der Waals surface area contributed by atoms with E-state index in [2.05, 4.69) is 10.3 Å². The molecule has 92 valence electrons. The number of hydrogen-bond donors (Lipinski definition) is 2. The first-order valence-electron chi connectivity index (χ1n) is 5.68. The topological polar surface area (TPSA) is 62.2 Å². The molecule has 4 nitrogen and oxygen atoms in total. The summed E-state index contributed by atoms with van der Waals surface area (Å²) in [6, 6.07) is 12.6. The maximum absolute atomic E-state index is 11.7. The van der Waals surface area contributed by atoms with E-state index in [1.165, 1.54) is 0 Å². The molecule has 1 heterocycles. The molecular formula is C14H14N2O2. The molecule has 1 amide bonds. The van der Waals surface area contributed by atoms with Gasteiger partial charge in [-0.15, -0.1) is 0 Å². The Balaban J connectivity index is 1.92. The van der Waals surface area contributed by atoms with E-state index in [-0.39, 0.29) is 12.3 Å². The molecule has 0 saturated carbocycles. The van der Waals surface area contributed by atoms with Gasteiger partial charge in [-0.2, -0.15) is 0 Å². The predicted molar refractivity (Wildman–Crippen MR) is 68.9 cm³/mol. The first kappa shape index (κ1) is 12.3. The number of hydrogen-bond acceptors (Lipinski definition) is 3. The maximum atomic E-state index is 11.7. The van der Waals surface area contributed by atoms with Gasteiger partial charge in [-0.1, -0.05) is 30.3 Å². The van der Waals surface area contributed by atoms with Crippen LogP contribution in [-0.2, 0) is 4.79 Å². The van der Waals surface area contributed by atoms with Crippen LogP contribution >= 0.6 is 0 Å². The highest BCUT2D eigenvalue weighted by atomic mass is 16.3. The number of aliphatic hydroxyl groups is 1. The van der Waals surface area contributed by atoms with Crippen molar-refractivity contribution >= 4 is 11.6 Å². The van der Waals surface area contributed by atoms with Gasteiger partial charge in [0.15, 0.2) is 0 Å². The molecule has 1 aromatic heterocycles. The second-order valence-corrected chi connectivity index (χ2v) is 3.92. The van der Waals surface area contributed by atoms with Crippen LogP contribution in [0.25, 0.3) is 0 Å². The van der Waals surface area contributed by atoms with E-state index in [0.717, 1.165) is 5.56 Å². The zero-order valence-corrected chi connectivity index (χ0v) is 9.78. The standard InChI is InChI=1S/C14H14N2O2/c17-13(11-5-2-1-3-6-11)9-14(18)16-12-7-4-8-15-10-12/h1-8,10,13,17H,9H2,(H,16,18). The summed E-state index contributed by atoms with van der Waals surface area (Å²) < 4.78 is 0. The summed E-state index contributed by atoms with van der Waals surface area (Å²) >= 11 is 0. The zero-order chi connectivity index (χ0) is 12.8. The number of benzene rings is 1. The van der Waals surface area contributed by atoms with Gasteiger partial charge in [-0.25, -0.2) is 0 Å². The average Bonchev–Trinajstić information content (AvgIpc) is 2.40. The van der Waals surface area contributed by atoms with Crippen molar-refractivity contribution in [1.29, 1.82) is 0 Å². The molecule has 0 bridgehead atoms. The fourth-order valence-electron chi connectivity index (χ4n) is 1.62. The zero-order valence-electron chi connectivity index (χ0n) is 9.78. The number of aromatic nitrogens is 1. The van der Waals surface area contributed by atoms with Crippen LogP contribution in [0.2, 0.25) is 0 Å². The SMILES string of the molecule is O=C(CC(O)c1ccccc1)Nc1cccnc1. The lowest BCUT2D eigenvalue weighted by Crippen LogP contribution is -2.15. The second-order valence-electron chi connectivity index (χ2n) is 3.92. The molecule has 1 atom stereocenters. The number of carbonyl (C=O) groups is 1. The molecule has 4 heteroatoms. The Hall–Kier alpha value is -2.20. The van der Waals surface area contributed by atoms with Gasteiger partial charge >= 0.3 is 0 Å². The van der Waals surface area contributed by atoms with Gasteiger partial charge in [0.2, 0.25) is 5.91 Å². The number of rotatable bonds is 4. The minimum absolute atomic E-state index is 0.0267. The van der Waals surface area contributed by atoms with E-state index in [4.69, 9.17) is 0 Å². The van der Waals surface area contributed by atoms with Crippen molar-refractivity contribution in [1.82, 2.24) is 4.98 Å². The van der Waals surface area contributed by atoms with Crippen molar-refractivity contribution in [3.63, 3.8) is 0 Å². The molecule has 0 spiro atoms. The van der Waals surface area contributed by atoms with Crippen LogP contribution < -0.4 is 5.32 Å². The van der Waals surface area contributed by atoms with E-state index >= 15 is 0 Å². The smallest absolute Gasteiger partial charge is 0.227 e. The second kappa shape index (κ2) is 5.93. The molecule has 2 rings (SSSR count).